The van der Waals surface area contributed by atoms with E-state index in [1.165, 1.54) is 0 Å². The lowest BCUT2D eigenvalue weighted by atomic mass is 10.2. The van der Waals surface area contributed by atoms with Crippen molar-refractivity contribution in [1.29, 1.82) is 0 Å². The largest absolute Gasteiger partial charge is 0.340 e. The molecule has 2 aromatic rings. The average Bonchev–Trinajstić information content (AvgIpc) is 2.52. The molecule has 1 aromatic heterocycles. The molecule has 13 heavy (non-hydrogen) atoms. The van der Waals surface area contributed by atoms with Gasteiger partial charge in [-0.05, 0) is 12.1 Å². The first kappa shape index (κ1) is 8.32. The van der Waals surface area contributed by atoms with Gasteiger partial charge in [0.25, 0.3) is 0 Å². The van der Waals surface area contributed by atoms with E-state index in [9.17, 15) is 0 Å². The van der Waals surface area contributed by atoms with Crippen molar-refractivity contribution in [2.45, 2.75) is 0 Å². The third-order valence-electron chi connectivity index (χ3n) is 1.83. The minimum absolute atomic E-state index is 0.739. The van der Waals surface area contributed by atoms with Crippen molar-refractivity contribution >= 4 is 11.6 Å². The van der Waals surface area contributed by atoms with E-state index in [1.807, 2.05) is 42.1 Å². The Morgan fingerprint density at radius 1 is 1.38 bits per heavy atom. The molecule has 0 saturated carbocycles. The van der Waals surface area contributed by atoms with E-state index >= 15 is 0 Å². The number of aryl methyl sites for hydroxylation is 1. The molecule has 0 radical (unpaired) electrons. The molecule has 0 aliphatic carbocycles. The van der Waals surface area contributed by atoms with Gasteiger partial charge in [-0.25, -0.2) is 4.98 Å². The summed E-state index contributed by atoms with van der Waals surface area (Å²) in [4.78, 5) is 4.23. The van der Waals surface area contributed by atoms with Crippen LogP contribution in [0.2, 0.25) is 5.02 Å². The van der Waals surface area contributed by atoms with Gasteiger partial charge in [0.2, 0.25) is 0 Å². The molecule has 0 N–H and O–H groups in total. The summed E-state index contributed by atoms with van der Waals surface area (Å²) in [6.45, 7) is 0. The normalized spacial score (nSPS) is 10.3. The highest BCUT2D eigenvalue weighted by atomic mass is 35.5. The molecule has 3 heteroatoms. The van der Waals surface area contributed by atoms with Gasteiger partial charge in [0.1, 0.15) is 0 Å². The smallest absolute Gasteiger partial charge is 0.0951 e. The van der Waals surface area contributed by atoms with Crippen molar-refractivity contribution in [3.8, 4) is 11.3 Å². The number of rotatable bonds is 1. The zero-order valence-electron chi connectivity index (χ0n) is 7.24. The molecule has 0 aliphatic heterocycles. The minimum atomic E-state index is 0.739. The van der Waals surface area contributed by atoms with Gasteiger partial charge in [-0.1, -0.05) is 23.7 Å². The fraction of sp³-hybridized carbons (Fsp3) is 0.100. The molecular weight excluding hydrogens is 184 g/mol. The monoisotopic (exact) mass is 192 g/mol. The maximum absolute atomic E-state index is 5.87. The molecule has 0 bridgehead atoms. The van der Waals surface area contributed by atoms with Crippen LogP contribution in [0.25, 0.3) is 11.3 Å². The Labute approximate surface area is 81.8 Å². The van der Waals surface area contributed by atoms with E-state index in [0.717, 1.165) is 16.3 Å². The van der Waals surface area contributed by atoms with Gasteiger partial charge >= 0.3 is 0 Å². The zero-order valence-corrected chi connectivity index (χ0v) is 7.99. The molecule has 0 saturated heterocycles. The van der Waals surface area contributed by atoms with Crippen LogP contribution < -0.4 is 0 Å². The molecule has 2 nitrogen and oxygen atoms in total. The summed E-state index contributed by atoms with van der Waals surface area (Å²) in [6, 6.07) is 7.68. The van der Waals surface area contributed by atoms with Crippen molar-refractivity contribution in [1.82, 2.24) is 9.55 Å². The van der Waals surface area contributed by atoms with E-state index in [2.05, 4.69) is 4.98 Å². The van der Waals surface area contributed by atoms with Gasteiger partial charge in [0, 0.05) is 23.8 Å². The van der Waals surface area contributed by atoms with Gasteiger partial charge in [0.15, 0.2) is 0 Å². The number of aromatic nitrogens is 2. The quantitative estimate of drug-likeness (QED) is 0.680. The summed E-state index contributed by atoms with van der Waals surface area (Å²) in [5, 5.41) is 0.739. The zero-order chi connectivity index (χ0) is 9.26. The second-order valence-electron chi connectivity index (χ2n) is 2.93. The molecule has 1 aromatic carbocycles. The fourth-order valence-corrected chi connectivity index (χ4v) is 1.40. The van der Waals surface area contributed by atoms with Crippen LogP contribution in [-0.4, -0.2) is 9.55 Å². The number of halogens is 1. The summed E-state index contributed by atoms with van der Waals surface area (Å²) >= 11 is 5.87. The average molecular weight is 193 g/mol. The van der Waals surface area contributed by atoms with E-state index in [1.54, 1.807) is 6.33 Å². The topological polar surface area (TPSA) is 17.8 Å². The van der Waals surface area contributed by atoms with Crippen LogP contribution in [0.1, 0.15) is 0 Å². The van der Waals surface area contributed by atoms with Crippen LogP contribution in [0.3, 0.4) is 0 Å². The fourth-order valence-electron chi connectivity index (χ4n) is 1.21. The van der Waals surface area contributed by atoms with Crippen LogP contribution in [0, 0.1) is 0 Å². The molecule has 0 fully saturated rings. The van der Waals surface area contributed by atoms with Gasteiger partial charge in [0.05, 0.1) is 12.0 Å². The first-order chi connectivity index (χ1) is 6.25. The van der Waals surface area contributed by atoms with Crippen LogP contribution in [0.4, 0.5) is 0 Å². The lowest BCUT2D eigenvalue weighted by Crippen LogP contribution is -1.78. The van der Waals surface area contributed by atoms with Crippen molar-refractivity contribution in [2.24, 2.45) is 7.05 Å². The number of hydrogen-bond donors (Lipinski definition) is 0. The molecule has 0 amide bonds. The Morgan fingerprint density at radius 2 is 2.23 bits per heavy atom. The maximum Gasteiger partial charge on any atom is 0.0951 e. The summed E-state index contributed by atoms with van der Waals surface area (Å²) < 4.78 is 1.91. The Balaban J connectivity index is 2.46. The highest BCUT2D eigenvalue weighted by Crippen LogP contribution is 2.20. The van der Waals surface area contributed by atoms with E-state index in [4.69, 9.17) is 11.6 Å². The number of hydrogen-bond acceptors (Lipinski definition) is 1. The second-order valence-corrected chi connectivity index (χ2v) is 3.37. The van der Waals surface area contributed by atoms with Gasteiger partial charge in [-0.3, -0.25) is 0 Å². The first-order valence-corrected chi connectivity index (χ1v) is 4.37. The number of benzene rings is 1. The first-order valence-electron chi connectivity index (χ1n) is 3.99. The Kier molecular flexibility index (Phi) is 2.07. The molecule has 0 atom stereocenters. The lowest BCUT2D eigenvalue weighted by molar-refractivity contribution is 0.913. The van der Waals surface area contributed by atoms with Crippen molar-refractivity contribution < 1.29 is 0 Å². The molecule has 2 rings (SSSR count). The lowest BCUT2D eigenvalue weighted by Gasteiger charge is -1.95. The van der Waals surface area contributed by atoms with Gasteiger partial charge in [-0.15, -0.1) is 0 Å². The van der Waals surface area contributed by atoms with Crippen LogP contribution in [0.15, 0.2) is 36.8 Å². The second kappa shape index (κ2) is 3.23. The molecule has 0 aliphatic rings. The molecular formula is C10H9ClN2. The molecule has 66 valence electrons. The van der Waals surface area contributed by atoms with Crippen LogP contribution in [-0.2, 0) is 7.05 Å². The van der Waals surface area contributed by atoms with Crippen molar-refractivity contribution in [2.75, 3.05) is 0 Å². The highest BCUT2D eigenvalue weighted by molar-refractivity contribution is 6.30. The van der Waals surface area contributed by atoms with E-state index in [-0.39, 0.29) is 0 Å². The Morgan fingerprint density at radius 3 is 2.85 bits per heavy atom. The third-order valence-corrected chi connectivity index (χ3v) is 2.06. The highest BCUT2D eigenvalue weighted by Gasteiger charge is 2.00. The van der Waals surface area contributed by atoms with E-state index < -0.39 is 0 Å². The number of nitrogens with zero attached hydrogens (tertiary/aromatic N) is 2. The standard InChI is InChI=1S/C10H9ClN2/c1-13-6-10(12-7-13)8-3-2-4-9(11)5-8/h2-7H,1H3. The van der Waals surface area contributed by atoms with Gasteiger partial charge < -0.3 is 4.57 Å². The Hall–Kier alpha value is -1.28. The summed E-state index contributed by atoms with van der Waals surface area (Å²) in [5.74, 6) is 0. The van der Waals surface area contributed by atoms with Crippen LogP contribution >= 0.6 is 11.6 Å². The molecule has 0 unspecified atom stereocenters. The minimum Gasteiger partial charge on any atom is -0.340 e. The summed E-state index contributed by atoms with van der Waals surface area (Å²) in [5.41, 5.74) is 2.00. The molecule has 1 heterocycles. The molecule has 0 spiro atoms. The van der Waals surface area contributed by atoms with Gasteiger partial charge in [-0.2, -0.15) is 0 Å². The predicted molar refractivity (Wildman–Crippen MR) is 53.7 cm³/mol. The predicted octanol–water partition coefficient (Wildman–Crippen LogP) is 2.74. The van der Waals surface area contributed by atoms with Crippen LogP contribution in [0.5, 0.6) is 0 Å². The third kappa shape index (κ3) is 1.73. The van der Waals surface area contributed by atoms with E-state index in [0.29, 0.717) is 0 Å². The SMILES string of the molecule is Cn1cnc(-c2cccc(Cl)c2)c1. The summed E-state index contributed by atoms with van der Waals surface area (Å²) in [7, 11) is 1.95. The van der Waals surface area contributed by atoms with Crippen molar-refractivity contribution in [3.05, 3.63) is 41.8 Å². The summed E-state index contributed by atoms with van der Waals surface area (Å²) in [6.07, 6.45) is 3.74. The van der Waals surface area contributed by atoms with Crippen molar-refractivity contribution in [3.63, 3.8) is 0 Å². The maximum atomic E-state index is 5.87. The Bertz CT molecular complexity index is 420. The number of imidazole rings is 1.